The topological polar surface area (TPSA) is 21.3 Å². The van der Waals surface area contributed by atoms with Crippen LogP contribution in [0.15, 0.2) is 0 Å². The largest absolute Gasteiger partial charge is 0.378 e. The van der Waals surface area contributed by atoms with Gasteiger partial charge in [-0.25, -0.2) is 8.78 Å². The van der Waals surface area contributed by atoms with Crippen molar-refractivity contribution in [2.75, 3.05) is 13.2 Å². The fourth-order valence-electron chi connectivity index (χ4n) is 1.29. The molecular weight excluding hydrogens is 152 g/mol. The summed E-state index contributed by atoms with van der Waals surface area (Å²) in [7, 11) is 0. The molecule has 1 N–H and O–H groups in total. The van der Waals surface area contributed by atoms with E-state index in [2.05, 4.69) is 5.32 Å². The highest BCUT2D eigenvalue weighted by molar-refractivity contribution is 5.06. The van der Waals surface area contributed by atoms with Crippen LogP contribution in [0, 0.1) is 0 Å². The van der Waals surface area contributed by atoms with Gasteiger partial charge in [-0.2, -0.15) is 0 Å². The van der Waals surface area contributed by atoms with E-state index in [1.807, 2.05) is 0 Å². The average Bonchev–Trinajstić information content (AvgIpc) is 2.59. The Balaban J connectivity index is 1.83. The molecule has 11 heavy (non-hydrogen) atoms. The summed E-state index contributed by atoms with van der Waals surface area (Å²) >= 11 is 0. The van der Waals surface area contributed by atoms with Crippen LogP contribution in [0.1, 0.15) is 12.8 Å². The molecule has 0 atom stereocenters. The van der Waals surface area contributed by atoms with Gasteiger partial charge < -0.3 is 4.74 Å². The Labute approximate surface area is 63.9 Å². The van der Waals surface area contributed by atoms with Crippen molar-refractivity contribution < 1.29 is 13.5 Å². The minimum Gasteiger partial charge on any atom is -0.378 e. The van der Waals surface area contributed by atoms with E-state index in [1.165, 1.54) is 0 Å². The second kappa shape index (κ2) is 2.38. The Morgan fingerprint density at radius 2 is 2.00 bits per heavy atom. The van der Waals surface area contributed by atoms with Gasteiger partial charge >= 0.3 is 0 Å². The molecule has 2 fully saturated rings. The van der Waals surface area contributed by atoms with Crippen LogP contribution in [0.25, 0.3) is 0 Å². The molecule has 0 radical (unpaired) electrons. The first-order chi connectivity index (χ1) is 5.23. The van der Waals surface area contributed by atoms with Crippen molar-refractivity contribution in [3.8, 4) is 0 Å². The predicted octanol–water partition coefficient (Wildman–Crippen LogP) is 0.772. The molecule has 64 valence electrons. The lowest BCUT2D eigenvalue weighted by Gasteiger charge is -2.31. The van der Waals surface area contributed by atoms with Crippen LogP contribution in [0.5, 0.6) is 0 Å². The van der Waals surface area contributed by atoms with Crippen molar-refractivity contribution in [3.63, 3.8) is 0 Å². The van der Waals surface area contributed by atoms with Gasteiger partial charge in [0.1, 0.15) is 0 Å². The highest BCUT2D eigenvalue weighted by Gasteiger charge is 2.52. The van der Waals surface area contributed by atoms with E-state index >= 15 is 0 Å². The lowest BCUT2D eigenvalue weighted by atomic mass is 10.2. The Kier molecular flexibility index (Phi) is 1.61. The zero-order chi connectivity index (χ0) is 7.90. The molecule has 1 aliphatic carbocycles. The number of rotatable bonds is 3. The molecule has 0 spiro atoms. The fraction of sp³-hybridized carbons (Fsp3) is 1.00. The molecule has 2 nitrogen and oxygen atoms in total. The van der Waals surface area contributed by atoms with Crippen LogP contribution in [0.4, 0.5) is 8.78 Å². The van der Waals surface area contributed by atoms with Crippen molar-refractivity contribution in [2.24, 2.45) is 0 Å². The van der Waals surface area contributed by atoms with E-state index in [0.717, 1.165) is 0 Å². The molecule has 1 saturated carbocycles. The van der Waals surface area contributed by atoms with Gasteiger partial charge in [0.15, 0.2) is 0 Å². The molecule has 2 rings (SSSR count). The molecule has 0 amide bonds. The zero-order valence-electron chi connectivity index (χ0n) is 6.15. The van der Waals surface area contributed by atoms with Crippen molar-refractivity contribution in [2.45, 2.75) is 30.8 Å². The number of hydrogen-bond donors (Lipinski definition) is 1. The van der Waals surface area contributed by atoms with Crippen LogP contribution in [-0.4, -0.2) is 31.2 Å². The second-order valence-corrected chi connectivity index (χ2v) is 3.34. The standard InChI is InChI=1S/C7H11F2NO/c8-6(9)7(1-2-7)10-5-3-11-4-5/h5-6,10H,1-4H2. The molecule has 2 aliphatic rings. The van der Waals surface area contributed by atoms with Crippen LogP contribution in [-0.2, 0) is 4.74 Å². The van der Waals surface area contributed by atoms with E-state index in [1.54, 1.807) is 0 Å². The molecule has 0 aromatic carbocycles. The van der Waals surface area contributed by atoms with Crippen LogP contribution >= 0.6 is 0 Å². The average molecular weight is 163 g/mol. The first kappa shape index (κ1) is 7.43. The SMILES string of the molecule is FC(F)C1(NC2COC2)CC1. The minimum atomic E-state index is -2.22. The van der Waals surface area contributed by atoms with Gasteiger partial charge in [-0.3, -0.25) is 5.32 Å². The first-order valence-electron chi connectivity index (χ1n) is 3.86. The smallest absolute Gasteiger partial charge is 0.256 e. The predicted molar refractivity (Wildman–Crippen MR) is 35.7 cm³/mol. The van der Waals surface area contributed by atoms with Crippen LogP contribution in [0.3, 0.4) is 0 Å². The van der Waals surface area contributed by atoms with Gasteiger partial charge in [0, 0.05) is 0 Å². The number of halogens is 2. The van der Waals surface area contributed by atoms with Crippen molar-refractivity contribution in [1.82, 2.24) is 5.32 Å². The highest BCUT2D eigenvalue weighted by Crippen LogP contribution is 2.41. The summed E-state index contributed by atoms with van der Waals surface area (Å²) in [5.41, 5.74) is -0.839. The lowest BCUT2D eigenvalue weighted by Crippen LogP contribution is -2.54. The molecule has 4 heteroatoms. The molecule has 1 heterocycles. The normalized spacial score (nSPS) is 28.6. The third-order valence-corrected chi connectivity index (χ3v) is 2.34. The number of ether oxygens (including phenoxy) is 1. The summed E-state index contributed by atoms with van der Waals surface area (Å²) in [6, 6.07) is 0.173. The third kappa shape index (κ3) is 1.25. The minimum absolute atomic E-state index is 0.173. The summed E-state index contributed by atoms with van der Waals surface area (Å²) in [5, 5.41) is 2.93. The van der Waals surface area contributed by atoms with E-state index < -0.39 is 12.0 Å². The summed E-state index contributed by atoms with van der Waals surface area (Å²) in [5.74, 6) is 0. The summed E-state index contributed by atoms with van der Waals surface area (Å²) in [4.78, 5) is 0. The quantitative estimate of drug-likeness (QED) is 0.663. The molecule has 0 bridgehead atoms. The third-order valence-electron chi connectivity index (χ3n) is 2.34. The monoisotopic (exact) mass is 163 g/mol. The van der Waals surface area contributed by atoms with Gasteiger partial charge in [-0.1, -0.05) is 0 Å². The molecule has 0 aromatic heterocycles. The van der Waals surface area contributed by atoms with E-state index in [9.17, 15) is 8.78 Å². The summed E-state index contributed by atoms with van der Waals surface area (Å²) < 4.78 is 29.5. The van der Waals surface area contributed by atoms with E-state index in [4.69, 9.17) is 4.74 Å². The molecule has 0 aromatic rings. The maximum absolute atomic E-state index is 12.3. The van der Waals surface area contributed by atoms with Crippen LogP contribution in [0.2, 0.25) is 0 Å². The first-order valence-corrected chi connectivity index (χ1v) is 3.86. The lowest BCUT2D eigenvalue weighted by molar-refractivity contribution is -0.0279. The second-order valence-electron chi connectivity index (χ2n) is 3.34. The Morgan fingerprint density at radius 1 is 1.36 bits per heavy atom. The van der Waals surface area contributed by atoms with Gasteiger partial charge in [0.2, 0.25) is 0 Å². The zero-order valence-corrected chi connectivity index (χ0v) is 6.15. The Hall–Kier alpha value is -0.220. The Bertz CT molecular complexity index is 155. The summed E-state index contributed by atoms with van der Waals surface area (Å²) in [6.45, 7) is 1.18. The van der Waals surface area contributed by atoms with Crippen molar-refractivity contribution in [3.05, 3.63) is 0 Å². The van der Waals surface area contributed by atoms with E-state index in [0.29, 0.717) is 26.1 Å². The van der Waals surface area contributed by atoms with Gasteiger partial charge in [0.05, 0.1) is 24.8 Å². The maximum atomic E-state index is 12.3. The number of hydrogen-bond acceptors (Lipinski definition) is 2. The summed E-state index contributed by atoms with van der Waals surface area (Å²) in [6.07, 6.45) is -0.995. The van der Waals surface area contributed by atoms with Gasteiger partial charge in [0.25, 0.3) is 6.43 Å². The van der Waals surface area contributed by atoms with Gasteiger partial charge in [-0.15, -0.1) is 0 Å². The van der Waals surface area contributed by atoms with Crippen molar-refractivity contribution in [1.29, 1.82) is 0 Å². The molecule has 1 aliphatic heterocycles. The maximum Gasteiger partial charge on any atom is 0.256 e. The molecule has 1 saturated heterocycles. The number of alkyl halides is 2. The van der Waals surface area contributed by atoms with Crippen LogP contribution < -0.4 is 5.32 Å². The van der Waals surface area contributed by atoms with E-state index in [-0.39, 0.29) is 6.04 Å². The highest BCUT2D eigenvalue weighted by atomic mass is 19.3. The van der Waals surface area contributed by atoms with Crippen molar-refractivity contribution >= 4 is 0 Å². The molecule has 0 unspecified atom stereocenters. The number of nitrogens with one attached hydrogen (secondary N) is 1. The van der Waals surface area contributed by atoms with Gasteiger partial charge in [-0.05, 0) is 12.8 Å². The fourth-order valence-corrected chi connectivity index (χ4v) is 1.29. The Morgan fingerprint density at radius 3 is 2.27 bits per heavy atom. The molecular formula is C7H11F2NO.